The molecule has 0 N–H and O–H groups in total. The minimum atomic E-state index is -4.90. The first-order chi connectivity index (χ1) is 6.29. The van der Waals surface area contributed by atoms with Crippen LogP contribution in [0.3, 0.4) is 0 Å². The Labute approximate surface area is 82.2 Å². The second-order valence-corrected chi connectivity index (χ2v) is 3.02. The number of hydrogen-bond donors (Lipinski definition) is 0. The first-order valence-electron chi connectivity index (χ1n) is 3.51. The van der Waals surface area contributed by atoms with E-state index >= 15 is 0 Å². The Bertz CT molecular complexity index is 325. The molecule has 6 heteroatoms. The summed E-state index contributed by atoms with van der Waals surface area (Å²) in [5.41, 5.74) is -0.00711. The van der Waals surface area contributed by atoms with Crippen LogP contribution in [0.25, 0.3) is 0 Å². The summed E-state index contributed by atoms with van der Waals surface area (Å²) in [6.07, 6.45) is -4.90. The average Bonchev–Trinajstić information content (AvgIpc) is 1.95. The van der Waals surface area contributed by atoms with E-state index in [9.17, 15) is 17.6 Å². The van der Waals surface area contributed by atoms with E-state index in [0.29, 0.717) is 0 Å². The molecule has 0 fully saturated rings. The van der Waals surface area contributed by atoms with Gasteiger partial charge in [-0.2, -0.15) is 0 Å². The van der Waals surface area contributed by atoms with Crippen LogP contribution >= 0.6 is 11.6 Å². The fourth-order valence-electron chi connectivity index (χ4n) is 0.934. The molecule has 0 aliphatic carbocycles. The maximum absolute atomic E-state index is 12.9. The van der Waals surface area contributed by atoms with Gasteiger partial charge in [0.1, 0.15) is 0 Å². The summed E-state index contributed by atoms with van der Waals surface area (Å²) in [6.45, 7) is 1.27. The maximum Gasteiger partial charge on any atom is 0.573 e. The van der Waals surface area contributed by atoms with Crippen LogP contribution < -0.4 is 4.74 Å². The van der Waals surface area contributed by atoms with E-state index in [0.717, 1.165) is 6.07 Å². The SMILES string of the molecule is Cc1cc(Cl)cc(F)c1OC(F)(F)F. The average molecular weight is 229 g/mol. The quantitative estimate of drug-likeness (QED) is 0.666. The molecule has 0 unspecified atom stereocenters. The first-order valence-corrected chi connectivity index (χ1v) is 3.89. The number of alkyl halides is 3. The monoisotopic (exact) mass is 228 g/mol. The first kappa shape index (κ1) is 11.1. The van der Waals surface area contributed by atoms with E-state index in [2.05, 4.69) is 4.74 Å². The minimum Gasteiger partial charge on any atom is -0.402 e. The standard InChI is InChI=1S/C8H5ClF4O/c1-4-2-5(9)3-6(10)7(4)14-8(11,12)13/h2-3H,1H3. The molecule has 0 saturated heterocycles. The number of rotatable bonds is 1. The molecule has 0 atom stereocenters. The lowest BCUT2D eigenvalue weighted by Crippen LogP contribution is -2.18. The highest BCUT2D eigenvalue weighted by Crippen LogP contribution is 2.30. The van der Waals surface area contributed by atoms with Gasteiger partial charge >= 0.3 is 6.36 Å². The minimum absolute atomic E-state index is 0.00711. The predicted molar refractivity (Wildman–Crippen MR) is 42.8 cm³/mol. The molecular weight excluding hydrogens is 224 g/mol. The Kier molecular flexibility index (Phi) is 2.89. The van der Waals surface area contributed by atoms with Crippen molar-refractivity contribution in [2.45, 2.75) is 13.3 Å². The van der Waals surface area contributed by atoms with Crippen molar-refractivity contribution < 1.29 is 22.3 Å². The number of halogens is 5. The zero-order chi connectivity index (χ0) is 10.9. The molecule has 14 heavy (non-hydrogen) atoms. The van der Waals surface area contributed by atoms with E-state index in [-0.39, 0.29) is 10.6 Å². The highest BCUT2D eigenvalue weighted by atomic mass is 35.5. The second kappa shape index (κ2) is 3.65. The summed E-state index contributed by atoms with van der Waals surface area (Å²) in [5, 5.41) is 0.0227. The molecule has 0 heterocycles. The summed E-state index contributed by atoms with van der Waals surface area (Å²) in [6, 6.07) is 1.95. The van der Waals surface area contributed by atoms with Crippen LogP contribution in [0.5, 0.6) is 5.75 Å². The Morgan fingerprint density at radius 2 is 1.86 bits per heavy atom. The molecule has 1 nitrogen and oxygen atoms in total. The van der Waals surface area contributed by atoms with Crippen LogP contribution in [0, 0.1) is 12.7 Å². The molecule has 0 aromatic heterocycles. The van der Waals surface area contributed by atoms with Crippen LogP contribution in [0.1, 0.15) is 5.56 Å². The fourth-order valence-corrected chi connectivity index (χ4v) is 1.19. The molecule has 78 valence electrons. The highest BCUT2D eigenvalue weighted by Gasteiger charge is 2.33. The van der Waals surface area contributed by atoms with Gasteiger partial charge in [-0.1, -0.05) is 11.6 Å². The molecular formula is C8H5ClF4O. The van der Waals surface area contributed by atoms with Crippen LogP contribution in [0.15, 0.2) is 12.1 Å². The molecule has 1 aromatic carbocycles. The van der Waals surface area contributed by atoms with Crippen molar-refractivity contribution in [3.05, 3.63) is 28.5 Å². The topological polar surface area (TPSA) is 9.23 Å². The van der Waals surface area contributed by atoms with E-state index in [1.54, 1.807) is 0 Å². The summed E-state index contributed by atoms with van der Waals surface area (Å²) in [5.74, 6) is -1.98. The fraction of sp³-hybridized carbons (Fsp3) is 0.250. The lowest BCUT2D eigenvalue weighted by Gasteiger charge is -2.12. The number of ether oxygens (including phenoxy) is 1. The van der Waals surface area contributed by atoms with Crippen LogP contribution in [-0.4, -0.2) is 6.36 Å². The van der Waals surface area contributed by atoms with E-state index in [4.69, 9.17) is 11.6 Å². The van der Waals surface area contributed by atoms with Gasteiger partial charge in [-0.15, -0.1) is 13.2 Å². The normalized spacial score (nSPS) is 11.6. The third kappa shape index (κ3) is 2.77. The smallest absolute Gasteiger partial charge is 0.402 e. The molecule has 1 aromatic rings. The highest BCUT2D eigenvalue weighted by molar-refractivity contribution is 6.30. The Morgan fingerprint density at radius 3 is 2.29 bits per heavy atom. The second-order valence-electron chi connectivity index (χ2n) is 2.58. The van der Waals surface area contributed by atoms with E-state index in [1.165, 1.54) is 13.0 Å². The van der Waals surface area contributed by atoms with Crippen molar-refractivity contribution in [2.75, 3.05) is 0 Å². The van der Waals surface area contributed by atoms with Crippen molar-refractivity contribution in [3.8, 4) is 5.75 Å². The molecule has 1 rings (SSSR count). The Morgan fingerprint density at radius 1 is 1.29 bits per heavy atom. The predicted octanol–water partition coefficient (Wildman–Crippen LogP) is 3.69. The van der Waals surface area contributed by atoms with Gasteiger partial charge in [0, 0.05) is 5.02 Å². The van der Waals surface area contributed by atoms with Gasteiger partial charge in [0.2, 0.25) is 0 Å². The summed E-state index contributed by atoms with van der Waals surface area (Å²) in [4.78, 5) is 0. The van der Waals surface area contributed by atoms with Crippen molar-refractivity contribution in [1.82, 2.24) is 0 Å². The summed E-state index contributed by atoms with van der Waals surface area (Å²) < 4.78 is 51.8. The van der Waals surface area contributed by atoms with Crippen molar-refractivity contribution >= 4 is 11.6 Å². The van der Waals surface area contributed by atoms with Gasteiger partial charge in [-0.3, -0.25) is 0 Å². The van der Waals surface area contributed by atoms with Crippen molar-refractivity contribution in [3.63, 3.8) is 0 Å². The lowest BCUT2D eigenvalue weighted by molar-refractivity contribution is -0.275. The molecule has 0 radical (unpaired) electrons. The van der Waals surface area contributed by atoms with Crippen LogP contribution in [0.2, 0.25) is 5.02 Å². The van der Waals surface area contributed by atoms with Gasteiger partial charge in [0.25, 0.3) is 0 Å². The Hall–Kier alpha value is -0.970. The zero-order valence-electron chi connectivity index (χ0n) is 6.95. The van der Waals surface area contributed by atoms with Gasteiger partial charge in [0.15, 0.2) is 11.6 Å². The number of hydrogen-bond acceptors (Lipinski definition) is 1. The number of aryl methyl sites for hydroxylation is 1. The lowest BCUT2D eigenvalue weighted by atomic mass is 10.2. The van der Waals surface area contributed by atoms with Gasteiger partial charge < -0.3 is 4.74 Å². The Balaban J connectivity index is 3.09. The van der Waals surface area contributed by atoms with Crippen LogP contribution in [0.4, 0.5) is 17.6 Å². The van der Waals surface area contributed by atoms with Gasteiger partial charge in [-0.25, -0.2) is 4.39 Å². The summed E-state index contributed by atoms with van der Waals surface area (Å²) >= 11 is 5.42. The van der Waals surface area contributed by atoms with Crippen molar-refractivity contribution in [1.29, 1.82) is 0 Å². The molecule has 0 spiro atoms. The van der Waals surface area contributed by atoms with Gasteiger partial charge in [0.05, 0.1) is 0 Å². The molecule has 0 aliphatic heterocycles. The van der Waals surface area contributed by atoms with Crippen molar-refractivity contribution in [2.24, 2.45) is 0 Å². The van der Waals surface area contributed by atoms with Gasteiger partial charge in [-0.05, 0) is 24.6 Å². The molecule has 0 amide bonds. The molecule has 0 saturated carbocycles. The third-order valence-electron chi connectivity index (χ3n) is 1.41. The number of benzene rings is 1. The maximum atomic E-state index is 12.9. The third-order valence-corrected chi connectivity index (χ3v) is 1.63. The van der Waals surface area contributed by atoms with Crippen LogP contribution in [-0.2, 0) is 0 Å². The zero-order valence-corrected chi connectivity index (χ0v) is 7.71. The summed E-state index contributed by atoms with van der Waals surface area (Å²) in [7, 11) is 0. The molecule has 0 aliphatic rings. The largest absolute Gasteiger partial charge is 0.573 e. The molecule has 0 bridgehead atoms. The van der Waals surface area contributed by atoms with E-state index < -0.39 is 17.9 Å². The van der Waals surface area contributed by atoms with E-state index in [1.807, 2.05) is 0 Å².